The third-order valence-electron chi connectivity index (χ3n) is 2.62. The van der Waals surface area contributed by atoms with Gasteiger partial charge in [-0.3, -0.25) is 9.78 Å². The maximum absolute atomic E-state index is 13.9. The quantitative estimate of drug-likeness (QED) is 0.933. The van der Waals surface area contributed by atoms with Gasteiger partial charge >= 0.3 is 0 Å². The summed E-state index contributed by atoms with van der Waals surface area (Å²) in [5, 5.41) is 0. The maximum Gasteiger partial charge on any atom is 0.254 e. The first-order chi connectivity index (χ1) is 9.49. The molecule has 0 unspecified atom stereocenters. The Balaban J connectivity index is 2.22. The second-order valence-electron chi connectivity index (χ2n) is 4.16. The first kappa shape index (κ1) is 13.9. The van der Waals surface area contributed by atoms with E-state index >= 15 is 0 Å². The van der Waals surface area contributed by atoms with Crippen molar-refractivity contribution in [3.05, 3.63) is 58.9 Å². The molecule has 0 atom stereocenters. The average molecular weight is 278 g/mol. The molecule has 0 fully saturated rings. The Hall–Kier alpha value is -2.50. The molecule has 4 nitrogen and oxygen atoms in total. The van der Waals surface area contributed by atoms with Crippen molar-refractivity contribution in [3.63, 3.8) is 0 Å². The van der Waals surface area contributed by atoms with E-state index in [1.54, 1.807) is 12.1 Å². The summed E-state index contributed by atoms with van der Waals surface area (Å²) in [6, 6.07) is 7.35. The molecule has 2 N–H and O–H groups in total. The van der Waals surface area contributed by atoms with E-state index < -0.39 is 23.1 Å². The van der Waals surface area contributed by atoms with Gasteiger partial charge in [0, 0.05) is 5.69 Å². The van der Waals surface area contributed by atoms with Gasteiger partial charge in [-0.15, -0.1) is 0 Å². The van der Waals surface area contributed by atoms with Crippen molar-refractivity contribution < 1.29 is 18.3 Å². The van der Waals surface area contributed by atoms with Gasteiger partial charge in [0.25, 0.3) is 5.91 Å². The molecular weight excluding hydrogens is 266 g/mol. The smallest absolute Gasteiger partial charge is 0.254 e. The molecule has 0 radical (unpaired) electrons. The van der Waals surface area contributed by atoms with Crippen LogP contribution in [0.1, 0.15) is 21.7 Å². The van der Waals surface area contributed by atoms with Gasteiger partial charge < -0.3 is 10.5 Å². The largest absolute Gasteiger partial charge is 0.484 e. The zero-order valence-corrected chi connectivity index (χ0v) is 10.7. The number of aryl methyl sites for hydroxylation is 1. The number of rotatable bonds is 4. The Bertz CT molecular complexity index is 660. The van der Waals surface area contributed by atoms with Crippen molar-refractivity contribution in [2.24, 2.45) is 5.73 Å². The number of benzene rings is 1. The fourth-order valence-electron chi connectivity index (χ4n) is 1.70. The number of amides is 1. The number of carbonyl (C=O) groups excluding carboxylic acids is 1. The molecule has 104 valence electrons. The van der Waals surface area contributed by atoms with E-state index in [4.69, 9.17) is 10.5 Å². The summed E-state index contributed by atoms with van der Waals surface area (Å²) in [5.74, 6) is -3.55. The van der Waals surface area contributed by atoms with Crippen LogP contribution >= 0.6 is 0 Å². The third kappa shape index (κ3) is 2.90. The summed E-state index contributed by atoms with van der Waals surface area (Å²) >= 11 is 0. The van der Waals surface area contributed by atoms with Gasteiger partial charge in [0.1, 0.15) is 18.0 Å². The molecule has 6 heteroatoms. The number of aromatic nitrogens is 1. The van der Waals surface area contributed by atoms with Crippen LogP contribution in [0.2, 0.25) is 0 Å². The Labute approximate surface area is 114 Å². The van der Waals surface area contributed by atoms with Gasteiger partial charge in [-0.25, -0.2) is 8.78 Å². The number of hydrogen-bond acceptors (Lipinski definition) is 3. The van der Waals surface area contributed by atoms with Gasteiger partial charge in [0.05, 0.1) is 5.69 Å². The Morgan fingerprint density at radius 2 is 2.05 bits per heavy atom. The molecule has 0 aliphatic rings. The van der Waals surface area contributed by atoms with E-state index in [0.717, 1.165) is 17.8 Å². The highest BCUT2D eigenvalue weighted by Crippen LogP contribution is 2.23. The van der Waals surface area contributed by atoms with Gasteiger partial charge in [0.15, 0.2) is 11.6 Å². The van der Waals surface area contributed by atoms with Crippen molar-refractivity contribution in [1.82, 2.24) is 4.98 Å². The second kappa shape index (κ2) is 5.64. The maximum atomic E-state index is 13.9. The third-order valence-corrected chi connectivity index (χ3v) is 2.62. The number of halogens is 2. The van der Waals surface area contributed by atoms with Gasteiger partial charge in [-0.05, 0) is 31.2 Å². The minimum absolute atomic E-state index is 0.00241. The van der Waals surface area contributed by atoms with Crippen LogP contribution in [0.5, 0.6) is 5.75 Å². The minimum atomic E-state index is -1.18. The highest BCUT2D eigenvalue weighted by Gasteiger charge is 2.19. The molecule has 20 heavy (non-hydrogen) atoms. The number of nitrogens with two attached hydrogens (primary N) is 1. The number of pyridine rings is 1. The van der Waals surface area contributed by atoms with Gasteiger partial charge in [-0.1, -0.05) is 6.07 Å². The second-order valence-corrected chi connectivity index (χ2v) is 4.16. The van der Waals surface area contributed by atoms with Crippen LogP contribution in [-0.2, 0) is 6.61 Å². The monoisotopic (exact) mass is 278 g/mol. The van der Waals surface area contributed by atoms with Crippen molar-refractivity contribution in [2.75, 3.05) is 0 Å². The number of primary amides is 1. The normalized spacial score (nSPS) is 10.3. The highest BCUT2D eigenvalue weighted by molar-refractivity contribution is 5.93. The molecule has 0 aliphatic carbocycles. The van der Waals surface area contributed by atoms with E-state index in [1.165, 1.54) is 0 Å². The fourth-order valence-corrected chi connectivity index (χ4v) is 1.70. The number of carbonyl (C=O) groups is 1. The molecule has 0 saturated carbocycles. The Kier molecular flexibility index (Phi) is 3.93. The molecule has 1 heterocycles. The lowest BCUT2D eigenvalue weighted by molar-refractivity contribution is 0.0991. The van der Waals surface area contributed by atoms with E-state index in [0.29, 0.717) is 5.69 Å². The number of nitrogens with zero attached hydrogens (tertiary/aromatic N) is 1. The summed E-state index contributed by atoms with van der Waals surface area (Å²) in [6.45, 7) is 1.82. The van der Waals surface area contributed by atoms with E-state index in [1.807, 2.05) is 13.0 Å². The van der Waals surface area contributed by atoms with Gasteiger partial charge in [0.2, 0.25) is 0 Å². The molecule has 0 saturated heterocycles. The minimum Gasteiger partial charge on any atom is -0.484 e. The summed E-state index contributed by atoms with van der Waals surface area (Å²) in [5.41, 5.74) is 5.51. The molecule has 0 bridgehead atoms. The summed E-state index contributed by atoms with van der Waals surface area (Å²) in [7, 11) is 0. The van der Waals surface area contributed by atoms with E-state index in [2.05, 4.69) is 4.98 Å². The van der Waals surface area contributed by atoms with Crippen LogP contribution in [0.3, 0.4) is 0 Å². The molecule has 1 aromatic carbocycles. The Morgan fingerprint density at radius 1 is 1.30 bits per heavy atom. The lowest BCUT2D eigenvalue weighted by Crippen LogP contribution is -2.16. The molecule has 2 rings (SSSR count). The lowest BCUT2D eigenvalue weighted by Gasteiger charge is -2.09. The topological polar surface area (TPSA) is 65.2 Å². The zero-order chi connectivity index (χ0) is 14.7. The summed E-state index contributed by atoms with van der Waals surface area (Å²) in [4.78, 5) is 15.2. The van der Waals surface area contributed by atoms with Crippen LogP contribution in [0.15, 0.2) is 30.3 Å². The predicted octanol–water partition coefficient (Wildman–Crippen LogP) is 2.35. The molecule has 0 aliphatic heterocycles. The van der Waals surface area contributed by atoms with Gasteiger partial charge in [-0.2, -0.15) is 0 Å². The Morgan fingerprint density at radius 3 is 2.70 bits per heavy atom. The van der Waals surface area contributed by atoms with Crippen LogP contribution in [0.25, 0.3) is 0 Å². The molecule has 1 aromatic heterocycles. The number of hydrogen-bond donors (Lipinski definition) is 1. The standard InChI is InChI=1S/C14H12F2N2O2/c1-8-3-2-4-9(18-8)7-20-11-6-5-10(15)12(13(11)16)14(17)19/h2-6H,7H2,1H3,(H2,17,19). The summed E-state index contributed by atoms with van der Waals surface area (Å²) < 4.78 is 32.4. The number of ether oxygens (including phenoxy) is 1. The predicted molar refractivity (Wildman–Crippen MR) is 68.2 cm³/mol. The lowest BCUT2D eigenvalue weighted by atomic mass is 10.1. The first-order valence-electron chi connectivity index (χ1n) is 5.82. The van der Waals surface area contributed by atoms with Crippen molar-refractivity contribution in [3.8, 4) is 5.75 Å². The van der Waals surface area contributed by atoms with Crippen LogP contribution in [-0.4, -0.2) is 10.9 Å². The van der Waals surface area contributed by atoms with Crippen LogP contribution < -0.4 is 10.5 Å². The fraction of sp³-hybridized carbons (Fsp3) is 0.143. The summed E-state index contributed by atoms with van der Waals surface area (Å²) in [6.07, 6.45) is 0. The van der Waals surface area contributed by atoms with Crippen LogP contribution in [0.4, 0.5) is 8.78 Å². The molecule has 1 amide bonds. The van der Waals surface area contributed by atoms with E-state index in [-0.39, 0.29) is 12.4 Å². The average Bonchev–Trinajstić information content (AvgIpc) is 2.37. The molecule has 0 spiro atoms. The molecular formula is C14H12F2N2O2. The van der Waals surface area contributed by atoms with E-state index in [9.17, 15) is 13.6 Å². The van der Waals surface area contributed by atoms with Crippen molar-refractivity contribution in [2.45, 2.75) is 13.5 Å². The highest BCUT2D eigenvalue weighted by atomic mass is 19.1. The van der Waals surface area contributed by atoms with Crippen molar-refractivity contribution in [1.29, 1.82) is 0 Å². The first-order valence-corrected chi connectivity index (χ1v) is 5.82. The van der Waals surface area contributed by atoms with Crippen LogP contribution in [0, 0.1) is 18.6 Å². The SMILES string of the molecule is Cc1cccc(COc2ccc(F)c(C(N)=O)c2F)n1. The zero-order valence-electron chi connectivity index (χ0n) is 10.7. The molecule has 2 aromatic rings. The van der Waals surface area contributed by atoms with Crippen molar-refractivity contribution >= 4 is 5.91 Å².